The van der Waals surface area contributed by atoms with Crippen LogP contribution < -0.4 is 5.32 Å². The zero-order chi connectivity index (χ0) is 12.5. The summed E-state index contributed by atoms with van der Waals surface area (Å²) < 4.78 is 6.63. The first-order chi connectivity index (χ1) is 8.08. The topological polar surface area (TPSA) is 21.3 Å². The summed E-state index contributed by atoms with van der Waals surface area (Å²) in [7, 11) is 1.72. The Kier molecular flexibility index (Phi) is 4.37. The largest absolute Gasteiger partial charge is 0.383 e. The molecule has 1 N–H and O–H groups in total. The summed E-state index contributed by atoms with van der Waals surface area (Å²) in [6.07, 6.45) is 1.18. The summed E-state index contributed by atoms with van der Waals surface area (Å²) >= 11 is 13.7. The Morgan fingerprint density at radius 3 is 2.94 bits per heavy atom. The number of methoxy groups -OCH3 is 1. The molecule has 0 aromatic carbocycles. The summed E-state index contributed by atoms with van der Waals surface area (Å²) in [5, 5.41) is 3.40. The van der Waals surface area contributed by atoms with Crippen molar-refractivity contribution in [2.24, 2.45) is 5.92 Å². The number of halogens is 2. The van der Waals surface area contributed by atoms with Gasteiger partial charge in [0.25, 0.3) is 0 Å². The molecule has 1 aromatic rings. The highest BCUT2D eigenvalue weighted by Gasteiger charge is 2.52. The molecule has 1 aromatic heterocycles. The number of ether oxygens (including phenoxy) is 1. The van der Waals surface area contributed by atoms with Gasteiger partial charge in [0, 0.05) is 13.7 Å². The van der Waals surface area contributed by atoms with Crippen LogP contribution in [-0.4, -0.2) is 26.8 Å². The number of nitrogens with one attached hydrogen (secondary N) is 1. The molecule has 96 valence electrons. The smallest absolute Gasteiger partial charge is 0.0981 e. The molecule has 0 saturated heterocycles. The van der Waals surface area contributed by atoms with Gasteiger partial charge in [-0.15, -0.1) is 11.3 Å². The van der Waals surface area contributed by atoms with Crippen LogP contribution in [0.3, 0.4) is 0 Å². The third-order valence-corrected chi connectivity index (χ3v) is 5.04. The highest BCUT2D eigenvalue weighted by molar-refractivity contribution is 7.20. The second-order valence-corrected chi connectivity index (χ2v) is 7.04. The molecular weight excluding hydrogens is 277 g/mol. The van der Waals surface area contributed by atoms with Crippen LogP contribution in [0.1, 0.15) is 18.9 Å². The Morgan fingerprint density at radius 2 is 2.35 bits per heavy atom. The summed E-state index contributed by atoms with van der Waals surface area (Å²) in [6, 6.07) is 2.02. The lowest BCUT2D eigenvalue weighted by molar-refractivity contribution is 0.199. The SMILES string of the molecule is COCCNCC1CC1(C)c1cc(Cl)sc1Cl. The van der Waals surface area contributed by atoms with Gasteiger partial charge in [0.1, 0.15) is 0 Å². The molecule has 1 fully saturated rings. The molecule has 0 radical (unpaired) electrons. The Hall–Kier alpha value is 0.200. The number of hydrogen-bond donors (Lipinski definition) is 1. The third kappa shape index (κ3) is 2.96. The van der Waals surface area contributed by atoms with E-state index in [2.05, 4.69) is 12.2 Å². The van der Waals surface area contributed by atoms with Gasteiger partial charge in [0.2, 0.25) is 0 Å². The molecular formula is C12H17Cl2NOS. The minimum absolute atomic E-state index is 0.209. The molecule has 17 heavy (non-hydrogen) atoms. The Bertz CT molecular complexity index is 396. The lowest BCUT2D eigenvalue weighted by Gasteiger charge is -2.11. The van der Waals surface area contributed by atoms with Crippen molar-refractivity contribution in [3.05, 3.63) is 20.3 Å². The molecule has 2 atom stereocenters. The predicted octanol–water partition coefficient (Wildman–Crippen LogP) is 3.57. The first-order valence-electron chi connectivity index (χ1n) is 5.73. The normalized spacial score (nSPS) is 27.4. The number of thiophene rings is 1. The van der Waals surface area contributed by atoms with E-state index in [1.807, 2.05) is 6.07 Å². The first kappa shape index (κ1) is 13.6. The van der Waals surface area contributed by atoms with Gasteiger partial charge >= 0.3 is 0 Å². The van der Waals surface area contributed by atoms with E-state index in [0.717, 1.165) is 28.4 Å². The van der Waals surface area contributed by atoms with E-state index in [9.17, 15) is 0 Å². The molecule has 0 spiro atoms. The van der Waals surface area contributed by atoms with Gasteiger partial charge in [0.15, 0.2) is 0 Å². The first-order valence-corrected chi connectivity index (χ1v) is 7.30. The van der Waals surface area contributed by atoms with Crippen molar-refractivity contribution in [2.75, 3.05) is 26.8 Å². The molecule has 0 bridgehead atoms. The lowest BCUT2D eigenvalue weighted by atomic mass is 9.99. The van der Waals surface area contributed by atoms with Gasteiger partial charge in [-0.05, 0) is 35.9 Å². The average molecular weight is 294 g/mol. The van der Waals surface area contributed by atoms with Crippen LogP contribution in [0.2, 0.25) is 8.67 Å². The molecule has 1 saturated carbocycles. The van der Waals surface area contributed by atoms with E-state index >= 15 is 0 Å². The summed E-state index contributed by atoms with van der Waals surface area (Å²) in [5.41, 5.74) is 1.42. The fraction of sp³-hybridized carbons (Fsp3) is 0.667. The van der Waals surface area contributed by atoms with E-state index in [0.29, 0.717) is 5.92 Å². The molecule has 1 aliphatic carbocycles. The highest BCUT2D eigenvalue weighted by Crippen LogP contribution is 2.57. The third-order valence-electron chi connectivity index (χ3n) is 3.56. The fourth-order valence-electron chi connectivity index (χ4n) is 2.26. The molecule has 2 nitrogen and oxygen atoms in total. The average Bonchev–Trinajstić information content (AvgIpc) is 2.80. The van der Waals surface area contributed by atoms with Crippen molar-refractivity contribution in [2.45, 2.75) is 18.8 Å². The maximum Gasteiger partial charge on any atom is 0.0981 e. The van der Waals surface area contributed by atoms with Gasteiger partial charge < -0.3 is 10.1 Å². The zero-order valence-electron chi connectivity index (χ0n) is 10.1. The maximum atomic E-state index is 6.21. The Labute approximate surface area is 116 Å². The van der Waals surface area contributed by atoms with E-state index < -0.39 is 0 Å². The highest BCUT2D eigenvalue weighted by atomic mass is 35.5. The van der Waals surface area contributed by atoms with E-state index in [1.54, 1.807) is 7.11 Å². The molecule has 0 aliphatic heterocycles. The lowest BCUT2D eigenvalue weighted by Crippen LogP contribution is -2.23. The molecule has 0 amide bonds. The van der Waals surface area contributed by atoms with Crippen LogP contribution in [0.15, 0.2) is 6.07 Å². The van der Waals surface area contributed by atoms with Gasteiger partial charge in [-0.25, -0.2) is 0 Å². The number of hydrogen-bond acceptors (Lipinski definition) is 3. The van der Waals surface area contributed by atoms with Crippen molar-refractivity contribution in [1.29, 1.82) is 0 Å². The summed E-state index contributed by atoms with van der Waals surface area (Å²) in [6.45, 7) is 4.94. The van der Waals surface area contributed by atoms with Crippen molar-refractivity contribution in [3.63, 3.8) is 0 Å². The molecule has 1 heterocycles. The van der Waals surface area contributed by atoms with Crippen molar-refractivity contribution >= 4 is 34.5 Å². The number of rotatable bonds is 6. The van der Waals surface area contributed by atoms with Crippen molar-refractivity contribution < 1.29 is 4.74 Å². The van der Waals surface area contributed by atoms with Gasteiger partial charge in [-0.3, -0.25) is 0 Å². The minimum atomic E-state index is 0.209. The standard InChI is InChI=1S/C12H17Cl2NOS/c1-12(9-5-10(13)17-11(9)14)6-8(12)7-15-3-4-16-2/h5,8,15H,3-4,6-7H2,1-2H3. The van der Waals surface area contributed by atoms with Crippen molar-refractivity contribution in [3.8, 4) is 0 Å². The fourth-order valence-corrected chi connectivity index (χ4v) is 3.99. The van der Waals surface area contributed by atoms with Crippen LogP contribution >= 0.6 is 34.5 Å². The summed E-state index contributed by atoms with van der Waals surface area (Å²) in [5.74, 6) is 0.655. The van der Waals surface area contributed by atoms with E-state index in [4.69, 9.17) is 27.9 Å². The van der Waals surface area contributed by atoms with Crippen molar-refractivity contribution in [1.82, 2.24) is 5.32 Å². The van der Waals surface area contributed by atoms with Crippen LogP contribution in [0, 0.1) is 5.92 Å². The Balaban J connectivity index is 1.88. The van der Waals surface area contributed by atoms with Crippen LogP contribution in [0.4, 0.5) is 0 Å². The second kappa shape index (κ2) is 5.45. The van der Waals surface area contributed by atoms with E-state index in [-0.39, 0.29) is 5.41 Å². The molecule has 5 heteroatoms. The van der Waals surface area contributed by atoms with Crippen LogP contribution in [0.5, 0.6) is 0 Å². The van der Waals surface area contributed by atoms with E-state index in [1.165, 1.54) is 23.3 Å². The van der Waals surface area contributed by atoms with Gasteiger partial charge in [0.05, 0.1) is 15.3 Å². The molecule has 2 unspecified atom stereocenters. The predicted molar refractivity (Wildman–Crippen MR) is 74.5 cm³/mol. The second-order valence-electron chi connectivity index (χ2n) is 4.75. The molecule has 2 rings (SSSR count). The monoisotopic (exact) mass is 293 g/mol. The van der Waals surface area contributed by atoms with Gasteiger partial charge in [-0.2, -0.15) is 0 Å². The summed E-state index contributed by atoms with van der Waals surface area (Å²) in [4.78, 5) is 0. The quantitative estimate of drug-likeness (QED) is 0.810. The minimum Gasteiger partial charge on any atom is -0.383 e. The maximum absolute atomic E-state index is 6.21. The Morgan fingerprint density at radius 1 is 1.59 bits per heavy atom. The molecule has 1 aliphatic rings. The van der Waals surface area contributed by atoms with Crippen LogP contribution in [0.25, 0.3) is 0 Å². The van der Waals surface area contributed by atoms with Gasteiger partial charge in [-0.1, -0.05) is 30.1 Å². The zero-order valence-corrected chi connectivity index (χ0v) is 12.4. The van der Waals surface area contributed by atoms with Crippen LogP contribution in [-0.2, 0) is 10.2 Å².